The molecule has 3 N–H and O–H groups in total. The summed E-state index contributed by atoms with van der Waals surface area (Å²) in [6.07, 6.45) is 4.65. The lowest BCUT2D eigenvalue weighted by molar-refractivity contribution is -0.384. The first-order valence-corrected chi connectivity index (χ1v) is 17.1. The Morgan fingerprint density at radius 2 is 1.78 bits per heavy atom. The Kier molecular flexibility index (Phi) is 10.5. The number of ketones is 2. The van der Waals surface area contributed by atoms with Crippen LogP contribution in [0.15, 0.2) is 48.1 Å². The summed E-state index contributed by atoms with van der Waals surface area (Å²) in [7, 11) is 0. The lowest BCUT2D eigenvalue weighted by atomic mass is 9.44. The maximum atomic E-state index is 17.3. The highest BCUT2D eigenvalue weighted by molar-refractivity contribution is 6.01. The number of nitrogens with zero attached hydrogens (tertiary/aromatic N) is 1. The van der Waals surface area contributed by atoms with Crippen LogP contribution in [0.1, 0.15) is 72.1 Å². The number of alkyl halides is 1. The molecule has 1 aromatic carbocycles. The van der Waals surface area contributed by atoms with E-state index in [4.69, 9.17) is 14.2 Å². The van der Waals surface area contributed by atoms with Crippen LogP contribution in [-0.4, -0.2) is 76.1 Å². The minimum absolute atomic E-state index is 0.101. The number of non-ortho nitro benzene ring substituents is 1. The van der Waals surface area contributed by atoms with Gasteiger partial charge >= 0.3 is 12.2 Å². The third-order valence-electron chi connectivity index (χ3n) is 11.8. The summed E-state index contributed by atoms with van der Waals surface area (Å²) in [5.74, 6) is -2.44. The lowest BCUT2D eigenvalue weighted by Crippen LogP contribution is -2.69. The van der Waals surface area contributed by atoms with Gasteiger partial charge in [0.15, 0.2) is 18.1 Å². The quantitative estimate of drug-likeness (QED) is 0.0841. The zero-order valence-electron chi connectivity index (χ0n) is 28.5. The molecular formula is C36H45FN2O11. The second-order valence-corrected chi connectivity index (χ2v) is 14.5. The Hall–Kier alpha value is -4.17. The van der Waals surface area contributed by atoms with E-state index in [1.807, 2.05) is 0 Å². The molecule has 1 amide bonds. The summed E-state index contributed by atoms with van der Waals surface area (Å²) in [6, 6.07) is 5.01. The van der Waals surface area contributed by atoms with E-state index in [0.717, 1.165) is 0 Å². The van der Waals surface area contributed by atoms with E-state index in [0.29, 0.717) is 50.5 Å². The van der Waals surface area contributed by atoms with Crippen molar-refractivity contribution in [1.82, 2.24) is 5.32 Å². The fourth-order valence-electron chi connectivity index (χ4n) is 9.12. The van der Waals surface area contributed by atoms with Crippen molar-refractivity contribution in [2.75, 3.05) is 19.8 Å². The molecule has 4 aliphatic rings. The number of benzene rings is 1. The number of nitro benzene ring substituents is 1. The van der Waals surface area contributed by atoms with Crippen molar-refractivity contribution in [3.8, 4) is 5.75 Å². The van der Waals surface area contributed by atoms with Gasteiger partial charge in [-0.05, 0) is 88.0 Å². The van der Waals surface area contributed by atoms with Crippen LogP contribution in [0, 0.1) is 38.7 Å². The first kappa shape index (κ1) is 37.1. The fraction of sp³-hybridized carbons (Fsp3) is 0.611. The molecular weight excluding hydrogens is 655 g/mol. The maximum Gasteiger partial charge on any atom is 0.513 e. The molecule has 0 bridgehead atoms. The molecule has 50 heavy (non-hydrogen) atoms. The average molecular weight is 701 g/mol. The molecule has 8 atom stereocenters. The Morgan fingerprint density at radius 3 is 2.48 bits per heavy atom. The molecule has 3 fully saturated rings. The van der Waals surface area contributed by atoms with E-state index in [1.54, 1.807) is 26.8 Å². The smallest absolute Gasteiger partial charge is 0.441 e. The van der Waals surface area contributed by atoms with Crippen molar-refractivity contribution in [3.63, 3.8) is 0 Å². The highest BCUT2D eigenvalue weighted by atomic mass is 19.1. The Morgan fingerprint density at radius 1 is 1.08 bits per heavy atom. The number of fused-ring (bicyclic) bond motifs is 5. The van der Waals surface area contributed by atoms with Crippen LogP contribution in [0.25, 0.3) is 0 Å². The number of unbranched alkanes of at least 4 members (excludes halogenated alkanes) is 3. The molecule has 0 spiro atoms. The normalized spacial score (nSPS) is 34.0. The van der Waals surface area contributed by atoms with Gasteiger partial charge in [0, 0.05) is 35.4 Å². The molecule has 4 aliphatic carbocycles. The van der Waals surface area contributed by atoms with Gasteiger partial charge in [-0.2, -0.15) is 0 Å². The average Bonchev–Trinajstić information content (AvgIpc) is 3.27. The summed E-state index contributed by atoms with van der Waals surface area (Å²) in [5.41, 5.74) is -5.86. The summed E-state index contributed by atoms with van der Waals surface area (Å²) in [6.45, 7) is 4.85. The summed E-state index contributed by atoms with van der Waals surface area (Å²) in [4.78, 5) is 60.0. The van der Waals surface area contributed by atoms with Gasteiger partial charge in [0.2, 0.25) is 5.78 Å². The van der Waals surface area contributed by atoms with Crippen LogP contribution in [0.4, 0.5) is 19.7 Å². The van der Waals surface area contributed by atoms with Gasteiger partial charge in [0.25, 0.3) is 5.69 Å². The van der Waals surface area contributed by atoms with Crippen molar-refractivity contribution < 1.29 is 52.9 Å². The van der Waals surface area contributed by atoms with E-state index in [1.165, 1.54) is 36.4 Å². The predicted molar refractivity (Wildman–Crippen MR) is 176 cm³/mol. The van der Waals surface area contributed by atoms with E-state index >= 15 is 4.39 Å². The molecule has 0 radical (unpaired) electrons. The third-order valence-corrected chi connectivity index (χ3v) is 11.8. The molecule has 0 heterocycles. The second-order valence-electron chi connectivity index (χ2n) is 14.5. The number of carbonyl (C=O) groups is 4. The van der Waals surface area contributed by atoms with Crippen molar-refractivity contribution in [2.24, 2.45) is 28.6 Å². The summed E-state index contributed by atoms with van der Waals surface area (Å²) < 4.78 is 32.5. The van der Waals surface area contributed by atoms with Crippen molar-refractivity contribution >= 4 is 29.5 Å². The number of aliphatic hydroxyl groups excluding tert-OH is 1. The SMILES string of the molecule is C[C@@H]1CC2C3CCC4=CC(=O)C=CC4(C)[C@@]3(F)C(O)CC2(C)[C@@]1(O)C(=O)COC(=O)NCCCCCCOC(=O)Oc1ccc([N+](=O)[O-])cc1. The van der Waals surface area contributed by atoms with Gasteiger partial charge in [-0.1, -0.05) is 31.9 Å². The number of amides is 1. The van der Waals surface area contributed by atoms with E-state index in [9.17, 15) is 39.5 Å². The van der Waals surface area contributed by atoms with Crippen LogP contribution < -0.4 is 10.1 Å². The summed E-state index contributed by atoms with van der Waals surface area (Å²) in [5, 5.41) is 36.8. The van der Waals surface area contributed by atoms with Crippen molar-refractivity contribution in [2.45, 2.75) is 89.5 Å². The number of hydrogen-bond acceptors (Lipinski definition) is 11. The van der Waals surface area contributed by atoms with Gasteiger partial charge < -0.3 is 29.7 Å². The van der Waals surface area contributed by atoms with E-state index in [-0.39, 0.29) is 36.8 Å². The lowest BCUT2D eigenvalue weighted by Gasteiger charge is -2.62. The molecule has 1 aromatic rings. The van der Waals surface area contributed by atoms with Gasteiger partial charge in [-0.3, -0.25) is 19.7 Å². The number of alkyl carbamates (subject to hydrolysis) is 1. The number of rotatable bonds is 12. The predicted octanol–water partition coefficient (Wildman–Crippen LogP) is 5.31. The zero-order chi connectivity index (χ0) is 36.5. The van der Waals surface area contributed by atoms with Gasteiger partial charge in [0.05, 0.1) is 17.6 Å². The molecule has 0 aliphatic heterocycles. The molecule has 3 saturated carbocycles. The maximum absolute atomic E-state index is 17.3. The topological polar surface area (TPSA) is 192 Å². The molecule has 13 nitrogen and oxygen atoms in total. The molecule has 5 unspecified atom stereocenters. The number of hydrogen-bond donors (Lipinski definition) is 3. The number of ether oxygens (including phenoxy) is 3. The third kappa shape index (κ3) is 6.43. The largest absolute Gasteiger partial charge is 0.513 e. The van der Waals surface area contributed by atoms with E-state index in [2.05, 4.69) is 5.32 Å². The highest BCUT2D eigenvalue weighted by Crippen LogP contribution is 2.70. The standard InChI is InChI=1S/C36H45FN2O11/c1-22-18-28-27-13-8-23-19-25(40)14-15-33(23,2)35(27,37)29(41)20-34(28,3)36(22,45)30(42)21-49-31(43)38-16-6-4-5-7-17-48-32(44)50-26-11-9-24(10-12-26)39(46)47/h9-12,14-15,19,22,27-29,41,45H,4-8,13,16-18,20-21H2,1-3H3,(H,38,43)/t22-,27?,28?,29?,33?,34?,35+,36+/m1/s1. The minimum atomic E-state index is -2.08. The zero-order valence-corrected chi connectivity index (χ0v) is 28.5. The van der Waals surface area contributed by atoms with E-state index < -0.39 is 75.5 Å². The number of Topliss-reactive ketones (excluding diaryl/α,β-unsaturated/α-hetero) is 1. The molecule has 5 rings (SSSR count). The number of carbonyl (C=O) groups excluding carboxylic acids is 4. The molecule has 14 heteroatoms. The van der Waals surface area contributed by atoms with Crippen LogP contribution in [0.5, 0.6) is 5.75 Å². The van der Waals surface area contributed by atoms with Crippen molar-refractivity contribution in [3.05, 3.63) is 58.2 Å². The Balaban J connectivity index is 1.04. The molecule has 272 valence electrons. The second kappa shape index (κ2) is 14.2. The Bertz CT molecular complexity index is 1580. The number of halogens is 1. The van der Waals surface area contributed by atoms with Crippen LogP contribution >= 0.6 is 0 Å². The number of nitrogens with one attached hydrogen (secondary N) is 1. The van der Waals surface area contributed by atoms with Gasteiger partial charge in [0.1, 0.15) is 11.4 Å². The Labute approximate surface area is 289 Å². The summed E-state index contributed by atoms with van der Waals surface area (Å²) >= 11 is 0. The highest BCUT2D eigenvalue weighted by Gasteiger charge is 2.75. The number of aliphatic hydroxyl groups is 2. The first-order valence-electron chi connectivity index (χ1n) is 17.1. The van der Waals surface area contributed by atoms with Crippen LogP contribution in [0.3, 0.4) is 0 Å². The minimum Gasteiger partial charge on any atom is -0.441 e. The monoisotopic (exact) mass is 700 g/mol. The fourth-order valence-corrected chi connectivity index (χ4v) is 9.12. The van der Waals surface area contributed by atoms with Crippen molar-refractivity contribution in [1.29, 1.82) is 0 Å². The number of allylic oxidation sites excluding steroid dienone is 4. The van der Waals surface area contributed by atoms with Gasteiger partial charge in [-0.15, -0.1) is 0 Å². The number of nitro groups is 1. The van der Waals surface area contributed by atoms with Crippen LogP contribution in [-0.2, 0) is 19.1 Å². The first-order chi connectivity index (χ1) is 23.6. The molecule has 0 aromatic heterocycles. The van der Waals surface area contributed by atoms with Gasteiger partial charge in [-0.25, -0.2) is 14.0 Å². The van der Waals surface area contributed by atoms with Crippen LogP contribution in [0.2, 0.25) is 0 Å². The molecule has 0 saturated heterocycles.